The number of anilines is 1. The minimum absolute atomic E-state index is 0.343. The Balaban J connectivity index is 1.55. The van der Waals surface area contributed by atoms with Gasteiger partial charge in [-0.25, -0.2) is 4.98 Å². The van der Waals surface area contributed by atoms with E-state index < -0.39 is 0 Å². The molecular formula is C18H24ClN3OS. The smallest absolute Gasteiger partial charge is 0.186 e. The van der Waals surface area contributed by atoms with Gasteiger partial charge in [0.25, 0.3) is 0 Å². The molecule has 0 unspecified atom stereocenters. The Bertz CT molecular complexity index is 734. The van der Waals surface area contributed by atoms with Crippen molar-refractivity contribution in [2.75, 3.05) is 39.2 Å². The maximum Gasteiger partial charge on any atom is 0.186 e. The molecule has 0 radical (unpaired) electrons. The highest BCUT2D eigenvalue weighted by atomic mass is 35.5. The van der Waals surface area contributed by atoms with Gasteiger partial charge in [0.15, 0.2) is 5.13 Å². The number of halogens is 1. The number of likely N-dealkylation sites (N-methyl/N-ethyl adjacent to an activating group) is 1. The molecule has 4 atom stereocenters. The minimum Gasteiger partial charge on any atom is -0.380 e. The lowest BCUT2D eigenvalue weighted by Gasteiger charge is -2.40. The predicted molar refractivity (Wildman–Crippen MR) is 101 cm³/mol. The molecule has 6 heteroatoms. The monoisotopic (exact) mass is 365 g/mol. The van der Waals surface area contributed by atoms with Crippen molar-refractivity contribution < 1.29 is 4.74 Å². The van der Waals surface area contributed by atoms with Crippen LogP contribution in [0.3, 0.4) is 0 Å². The van der Waals surface area contributed by atoms with Crippen LogP contribution in [0.2, 0.25) is 5.02 Å². The van der Waals surface area contributed by atoms with Gasteiger partial charge in [-0.05, 0) is 57.0 Å². The van der Waals surface area contributed by atoms with Gasteiger partial charge in [0, 0.05) is 31.3 Å². The van der Waals surface area contributed by atoms with Crippen LogP contribution in [0.1, 0.15) is 12.8 Å². The van der Waals surface area contributed by atoms with E-state index in [-0.39, 0.29) is 0 Å². The molecule has 1 aromatic carbocycles. The van der Waals surface area contributed by atoms with Crippen molar-refractivity contribution in [2.45, 2.75) is 25.0 Å². The van der Waals surface area contributed by atoms with Gasteiger partial charge in [-0.1, -0.05) is 22.9 Å². The Labute approximate surface area is 152 Å². The highest BCUT2D eigenvalue weighted by Crippen LogP contribution is 2.42. The fourth-order valence-corrected chi connectivity index (χ4v) is 5.62. The number of hydrogen-bond acceptors (Lipinski definition) is 5. The maximum atomic E-state index is 6.11. The molecule has 2 heterocycles. The van der Waals surface area contributed by atoms with Gasteiger partial charge in [-0.3, -0.25) is 0 Å². The van der Waals surface area contributed by atoms with Gasteiger partial charge < -0.3 is 14.5 Å². The van der Waals surface area contributed by atoms with Crippen molar-refractivity contribution in [1.29, 1.82) is 0 Å². The van der Waals surface area contributed by atoms with Crippen molar-refractivity contribution >= 4 is 38.3 Å². The summed E-state index contributed by atoms with van der Waals surface area (Å²) in [5.74, 6) is 1.45. The third-order valence-corrected chi connectivity index (χ3v) is 6.97. The van der Waals surface area contributed by atoms with Crippen molar-refractivity contribution in [1.82, 2.24) is 9.88 Å². The molecule has 1 saturated heterocycles. The number of fused-ring (bicyclic) bond motifs is 2. The Hall–Kier alpha value is -0.880. The molecule has 0 bridgehead atoms. The minimum atomic E-state index is 0.343. The molecule has 0 spiro atoms. The summed E-state index contributed by atoms with van der Waals surface area (Å²) in [5, 5.41) is 1.92. The van der Waals surface area contributed by atoms with Crippen LogP contribution in [0.4, 0.5) is 5.13 Å². The van der Waals surface area contributed by atoms with E-state index >= 15 is 0 Å². The number of methoxy groups -OCH3 is 1. The largest absolute Gasteiger partial charge is 0.380 e. The summed E-state index contributed by atoms with van der Waals surface area (Å²) in [6, 6.07) is 6.47. The fourth-order valence-electron chi connectivity index (χ4n) is 4.36. The van der Waals surface area contributed by atoms with E-state index in [0.717, 1.165) is 41.1 Å². The molecule has 24 heavy (non-hydrogen) atoms. The van der Waals surface area contributed by atoms with Crippen LogP contribution in [0.25, 0.3) is 10.2 Å². The number of nitrogens with zero attached hydrogens (tertiary/aromatic N) is 3. The first-order chi connectivity index (χ1) is 11.5. The number of ether oxygens (including phenoxy) is 1. The average molecular weight is 366 g/mol. The molecule has 2 aliphatic rings. The summed E-state index contributed by atoms with van der Waals surface area (Å²) in [4.78, 5) is 9.63. The summed E-state index contributed by atoms with van der Waals surface area (Å²) in [7, 11) is 6.19. The van der Waals surface area contributed by atoms with E-state index in [1.54, 1.807) is 11.3 Å². The standard InChI is InChI=1S/C18H24ClN3OS/c1-21(2)15-6-11-9-22(10-12(11)7-16(15)23-3)18-20-14-5-4-13(19)8-17(14)24-18/h4-5,8,11-12,15-16H,6-7,9-10H2,1-3H3/t11-,12+,15-,16-/m1/s1. The Morgan fingerprint density at radius 3 is 2.71 bits per heavy atom. The molecule has 1 saturated carbocycles. The van der Waals surface area contributed by atoms with Crippen molar-refractivity contribution in [2.24, 2.45) is 11.8 Å². The van der Waals surface area contributed by atoms with Crippen molar-refractivity contribution in [3.05, 3.63) is 23.2 Å². The van der Waals surface area contributed by atoms with E-state index in [1.807, 2.05) is 25.3 Å². The SMILES string of the molecule is CO[C@@H]1C[C@H]2CN(c3nc4ccc(Cl)cc4s3)C[C@H]2C[C@H]1N(C)C. The summed E-state index contributed by atoms with van der Waals surface area (Å²) in [6.45, 7) is 2.21. The lowest BCUT2D eigenvalue weighted by Crippen LogP contribution is -2.47. The zero-order valence-electron chi connectivity index (χ0n) is 14.4. The highest BCUT2D eigenvalue weighted by Gasteiger charge is 2.43. The number of thiazole rings is 1. The summed E-state index contributed by atoms with van der Waals surface area (Å²) in [5.41, 5.74) is 1.05. The van der Waals surface area contributed by atoms with Gasteiger partial charge in [-0.15, -0.1) is 0 Å². The molecule has 4 nitrogen and oxygen atoms in total. The molecule has 130 valence electrons. The third kappa shape index (κ3) is 2.92. The first-order valence-electron chi connectivity index (χ1n) is 8.55. The van der Waals surface area contributed by atoms with Gasteiger partial charge >= 0.3 is 0 Å². The average Bonchev–Trinajstić information content (AvgIpc) is 3.15. The molecule has 1 aliphatic heterocycles. The lowest BCUT2D eigenvalue weighted by molar-refractivity contribution is -0.0209. The molecule has 0 N–H and O–H groups in total. The number of rotatable bonds is 3. The first-order valence-corrected chi connectivity index (χ1v) is 9.75. The van der Waals surface area contributed by atoms with Crippen LogP contribution in [0.15, 0.2) is 18.2 Å². The first kappa shape index (κ1) is 16.6. The van der Waals surface area contributed by atoms with Crippen LogP contribution in [0, 0.1) is 11.8 Å². The molecule has 2 fully saturated rings. The highest BCUT2D eigenvalue weighted by molar-refractivity contribution is 7.22. The summed E-state index contributed by atoms with van der Waals surface area (Å²) in [6.07, 6.45) is 2.70. The van der Waals surface area contributed by atoms with Crippen LogP contribution < -0.4 is 4.90 Å². The van der Waals surface area contributed by atoms with E-state index in [0.29, 0.717) is 18.1 Å². The Morgan fingerprint density at radius 2 is 2.00 bits per heavy atom. The van der Waals surface area contributed by atoms with Gasteiger partial charge in [0.1, 0.15) is 0 Å². The Kier molecular flexibility index (Phi) is 4.45. The fraction of sp³-hybridized carbons (Fsp3) is 0.611. The second kappa shape index (κ2) is 6.45. The van der Waals surface area contributed by atoms with Gasteiger partial charge in [0.2, 0.25) is 0 Å². The number of benzene rings is 1. The Morgan fingerprint density at radius 1 is 1.25 bits per heavy atom. The maximum absolute atomic E-state index is 6.11. The van der Waals surface area contributed by atoms with Crippen LogP contribution in [-0.4, -0.2) is 56.3 Å². The van der Waals surface area contributed by atoms with E-state index in [1.165, 1.54) is 11.1 Å². The topological polar surface area (TPSA) is 28.6 Å². The number of hydrogen-bond donors (Lipinski definition) is 0. The molecule has 0 amide bonds. The molecule has 2 aromatic rings. The van der Waals surface area contributed by atoms with E-state index in [4.69, 9.17) is 21.3 Å². The second-order valence-corrected chi connectivity index (χ2v) is 8.76. The van der Waals surface area contributed by atoms with E-state index in [9.17, 15) is 0 Å². The third-order valence-electron chi connectivity index (χ3n) is 5.66. The normalized spacial score (nSPS) is 30.3. The predicted octanol–water partition coefficient (Wildman–Crippen LogP) is 3.74. The molecule has 1 aliphatic carbocycles. The van der Waals surface area contributed by atoms with Crippen LogP contribution in [0.5, 0.6) is 0 Å². The second-order valence-electron chi connectivity index (χ2n) is 7.31. The van der Waals surface area contributed by atoms with Gasteiger partial charge in [-0.2, -0.15) is 0 Å². The number of aromatic nitrogens is 1. The van der Waals surface area contributed by atoms with Crippen LogP contribution >= 0.6 is 22.9 Å². The lowest BCUT2D eigenvalue weighted by atomic mass is 9.77. The zero-order chi connectivity index (χ0) is 16.8. The summed E-state index contributed by atoms with van der Waals surface area (Å²) >= 11 is 7.87. The zero-order valence-corrected chi connectivity index (χ0v) is 16.0. The quantitative estimate of drug-likeness (QED) is 0.828. The van der Waals surface area contributed by atoms with Crippen molar-refractivity contribution in [3.63, 3.8) is 0 Å². The molecule has 1 aromatic heterocycles. The molecule has 4 rings (SSSR count). The van der Waals surface area contributed by atoms with E-state index in [2.05, 4.69) is 23.9 Å². The summed E-state index contributed by atoms with van der Waals surface area (Å²) < 4.78 is 6.96. The van der Waals surface area contributed by atoms with Crippen LogP contribution in [-0.2, 0) is 4.74 Å². The molecular weight excluding hydrogens is 342 g/mol. The van der Waals surface area contributed by atoms with Gasteiger partial charge in [0.05, 0.1) is 16.3 Å². The van der Waals surface area contributed by atoms with Crippen molar-refractivity contribution in [3.8, 4) is 0 Å².